The number of benzene rings is 2. The van der Waals surface area contributed by atoms with Crippen LogP contribution >= 0.6 is 0 Å². The molecule has 0 bridgehead atoms. The first kappa shape index (κ1) is 19.8. The number of carbonyl (C=O) groups excluding carboxylic acids is 3. The fourth-order valence-corrected chi connectivity index (χ4v) is 3.20. The lowest BCUT2D eigenvalue weighted by molar-refractivity contribution is -0.384. The van der Waals surface area contributed by atoms with Gasteiger partial charge in [-0.1, -0.05) is 6.07 Å². The number of rotatable bonds is 5. The second-order valence-corrected chi connectivity index (χ2v) is 6.65. The lowest BCUT2D eigenvalue weighted by Gasteiger charge is -2.17. The molecule has 31 heavy (non-hydrogen) atoms. The lowest BCUT2D eigenvalue weighted by Crippen LogP contribution is -2.29. The van der Waals surface area contributed by atoms with Crippen molar-refractivity contribution in [2.45, 2.75) is 6.54 Å². The van der Waals surface area contributed by atoms with E-state index in [-0.39, 0.29) is 40.3 Å². The number of pyridine rings is 1. The van der Waals surface area contributed by atoms with E-state index in [1.54, 1.807) is 12.1 Å². The maximum absolute atomic E-state index is 13.9. The maximum atomic E-state index is 13.9. The molecule has 9 nitrogen and oxygen atoms in total. The molecular weight excluding hydrogens is 407 g/mol. The Hall–Kier alpha value is -4.47. The van der Waals surface area contributed by atoms with Gasteiger partial charge in [-0.05, 0) is 42.0 Å². The summed E-state index contributed by atoms with van der Waals surface area (Å²) in [7, 11) is 0. The van der Waals surface area contributed by atoms with Gasteiger partial charge in [-0.2, -0.15) is 0 Å². The van der Waals surface area contributed by atoms with Crippen LogP contribution in [0.3, 0.4) is 0 Å². The van der Waals surface area contributed by atoms with Gasteiger partial charge in [0, 0.05) is 24.0 Å². The quantitative estimate of drug-likeness (QED) is 0.384. The molecule has 2 heterocycles. The van der Waals surface area contributed by atoms with Crippen molar-refractivity contribution < 1.29 is 23.7 Å². The number of nitrogens with zero attached hydrogens (tertiary/aromatic N) is 3. The van der Waals surface area contributed by atoms with Crippen LogP contribution in [0.2, 0.25) is 0 Å². The summed E-state index contributed by atoms with van der Waals surface area (Å²) < 4.78 is 13.9. The van der Waals surface area contributed by atoms with Crippen LogP contribution < -0.4 is 5.32 Å². The molecular formula is C21H13FN4O5. The second kappa shape index (κ2) is 7.75. The summed E-state index contributed by atoms with van der Waals surface area (Å²) in [5.74, 6) is -2.58. The third kappa shape index (κ3) is 3.73. The highest BCUT2D eigenvalue weighted by atomic mass is 19.1. The minimum Gasteiger partial charge on any atom is -0.320 e. The molecule has 1 aliphatic rings. The Kier molecular flexibility index (Phi) is 4.96. The average molecular weight is 420 g/mol. The Morgan fingerprint density at radius 1 is 1.06 bits per heavy atom. The number of halogens is 1. The Morgan fingerprint density at radius 2 is 1.84 bits per heavy atom. The summed E-state index contributed by atoms with van der Waals surface area (Å²) in [6.45, 7) is -0.338. The summed E-state index contributed by atoms with van der Waals surface area (Å²) in [5, 5.41) is 13.6. The molecule has 0 atom stereocenters. The number of nitro groups is 1. The third-order valence-electron chi connectivity index (χ3n) is 4.71. The van der Waals surface area contributed by atoms with Gasteiger partial charge in [0.2, 0.25) is 0 Å². The number of imide groups is 1. The molecule has 0 fully saturated rings. The van der Waals surface area contributed by atoms with Crippen molar-refractivity contribution in [1.82, 2.24) is 9.88 Å². The van der Waals surface area contributed by atoms with Crippen LogP contribution in [-0.2, 0) is 6.54 Å². The summed E-state index contributed by atoms with van der Waals surface area (Å²) in [6.07, 6.45) is 1.44. The standard InChI is InChI=1S/C21H13FN4O5/c22-13-4-7-17(24-19(27)18-3-1-2-8-23-18)12(9-13)11-25-20(28)15-6-5-14(26(30)31)10-16(15)21(25)29/h1-10H,11H2,(H,24,27). The van der Waals surface area contributed by atoms with Crippen molar-refractivity contribution >= 4 is 29.1 Å². The van der Waals surface area contributed by atoms with E-state index >= 15 is 0 Å². The molecule has 0 radical (unpaired) electrons. The summed E-state index contributed by atoms with van der Waals surface area (Å²) in [6, 6.07) is 11.7. The van der Waals surface area contributed by atoms with Gasteiger partial charge < -0.3 is 5.32 Å². The smallest absolute Gasteiger partial charge is 0.274 e. The summed E-state index contributed by atoms with van der Waals surface area (Å²) in [5.41, 5.74) is 0.0928. The normalized spacial score (nSPS) is 12.6. The van der Waals surface area contributed by atoms with Gasteiger partial charge in [-0.3, -0.25) is 34.4 Å². The molecule has 3 amide bonds. The first-order valence-electron chi connectivity index (χ1n) is 9.00. The van der Waals surface area contributed by atoms with Crippen LogP contribution in [0, 0.1) is 15.9 Å². The van der Waals surface area contributed by atoms with Crippen LogP contribution in [0.4, 0.5) is 15.8 Å². The number of hydrogen-bond acceptors (Lipinski definition) is 6. The number of nitro benzene ring substituents is 1. The number of aromatic nitrogens is 1. The van der Waals surface area contributed by atoms with Gasteiger partial charge in [0.25, 0.3) is 23.4 Å². The molecule has 0 saturated carbocycles. The lowest BCUT2D eigenvalue weighted by atomic mass is 10.1. The fourth-order valence-electron chi connectivity index (χ4n) is 3.20. The van der Waals surface area contributed by atoms with E-state index in [1.807, 2.05) is 0 Å². The van der Waals surface area contributed by atoms with Crippen molar-refractivity contribution in [3.05, 3.63) is 99.1 Å². The van der Waals surface area contributed by atoms with Gasteiger partial charge in [0.15, 0.2) is 0 Å². The van der Waals surface area contributed by atoms with Gasteiger partial charge >= 0.3 is 0 Å². The number of hydrogen-bond donors (Lipinski definition) is 1. The fraction of sp³-hybridized carbons (Fsp3) is 0.0476. The minimum atomic E-state index is -0.741. The molecule has 1 aliphatic heterocycles. The first-order valence-corrected chi connectivity index (χ1v) is 9.00. The highest BCUT2D eigenvalue weighted by Gasteiger charge is 2.37. The Labute approximate surface area is 174 Å². The molecule has 1 N–H and O–H groups in total. The molecule has 0 unspecified atom stereocenters. The van der Waals surface area contributed by atoms with Gasteiger partial charge in [0.1, 0.15) is 11.5 Å². The van der Waals surface area contributed by atoms with Crippen LogP contribution in [0.25, 0.3) is 0 Å². The Morgan fingerprint density at radius 3 is 2.55 bits per heavy atom. The molecule has 0 saturated heterocycles. The van der Waals surface area contributed by atoms with Crippen molar-refractivity contribution in [3.63, 3.8) is 0 Å². The topological polar surface area (TPSA) is 123 Å². The number of carbonyl (C=O) groups is 3. The molecule has 2 aromatic carbocycles. The van der Waals surface area contributed by atoms with Gasteiger partial charge in [-0.15, -0.1) is 0 Å². The second-order valence-electron chi connectivity index (χ2n) is 6.65. The predicted octanol–water partition coefficient (Wildman–Crippen LogP) is 3.18. The SMILES string of the molecule is O=C(Nc1ccc(F)cc1CN1C(=O)c2ccc([N+](=O)[O-])cc2C1=O)c1ccccn1. The van der Waals surface area contributed by atoms with E-state index in [0.717, 1.165) is 29.2 Å². The van der Waals surface area contributed by atoms with Crippen molar-refractivity contribution in [1.29, 1.82) is 0 Å². The van der Waals surface area contributed by atoms with E-state index < -0.39 is 28.5 Å². The van der Waals surface area contributed by atoms with Crippen LogP contribution in [0.5, 0.6) is 0 Å². The molecule has 0 spiro atoms. The molecule has 154 valence electrons. The van der Waals surface area contributed by atoms with E-state index in [2.05, 4.69) is 10.3 Å². The molecule has 1 aromatic heterocycles. The van der Waals surface area contributed by atoms with Crippen molar-refractivity contribution in [2.24, 2.45) is 0 Å². The zero-order chi connectivity index (χ0) is 22.1. The van der Waals surface area contributed by atoms with E-state index in [9.17, 15) is 28.9 Å². The highest BCUT2D eigenvalue weighted by Crippen LogP contribution is 2.29. The molecule has 3 aromatic rings. The Balaban J connectivity index is 1.63. The number of non-ortho nitro benzene ring substituents is 1. The van der Waals surface area contributed by atoms with Gasteiger partial charge in [-0.25, -0.2) is 4.39 Å². The van der Waals surface area contributed by atoms with Gasteiger partial charge in [0.05, 0.1) is 22.6 Å². The van der Waals surface area contributed by atoms with Crippen molar-refractivity contribution in [3.8, 4) is 0 Å². The maximum Gasteiger partial charge on any atom is 0.274 e. The highest BCUT2D eigenvalue weighted by molar-refractivity contribution is 6.21. The average Bonchev–Trinajstić information content (AvgIpc) is 3.00. The van der Waals surface area contributed by atoms with E-state index in [0.29, 0.717) is 0 Å². The Bertz CT molecular complexity index is 1250. The van der Waals surface area contributed by atoms with E-state index in [1.165, 1.54) is 24.4 Å². The zero-order valence-electron chi connectivity index (χ0n) is 15.7. The van der Waals surface area contributed by atoms with Crippen LogP contribution in [0.1, 0.15) is 36.8 Å². The zero-order valence-corrected chi connectivity index (χ0v) is 15.7. The minimum absolute atomic E-state index is 0.0195. The third-order valence-corrected chi connectivity index (χ3v) is 4.71. The number of amides is 3. The number of fused-ring (bicyclic) bond motifs is 1. The summed E-state index contributed by atoms with van der Waals surface area (Å²) >= 11 is 0. The largest absolute Gasteiger partial charge is 0.320 e. The molecule has 10 heteroatoms. The predicted molar refractivity (Wildman–Crippen MR) is 106 cm³/mol. The van der Waals surface area contributed by atoms with Crippen molar-refractivity contribution in [2.75, 3.05) is 5.32 Å². The molecule has 4 rings (SSSR count). The first-order chi connectivity index (χ1) is 14.8. The van der Waals surface area contributed by atoms with E-state index in [4.69, 9.17) is 0 Å². The van der Waals surface area contributed by atoms with Crippen LogP contribution in [-0.4, -0.2) is 32.5 Å². The monoisotopic (exact) mass is 420 g/mol. The van der Waals surface area contributed by atoms with Crippen LogP contribution in [0.15, 0.2) is 60.8 Å². The number of nitrogens with one attached hydrogen (secondary N) is 1. The number of anilines is 1. The molecule has 0 aliphatic carbocycles. The summed E-state index contributed by atoms with van der Waals surface area (Å²) in [4.78, 5) is 52.9.